The van der Waals surface area contributed by atoms with Crippen LogP contribution in [0.1, 0.15) is 43.9 Å². The summed E-state index contributed by atoms with van der Waals surface area (Å²) in [6.45, 7) is 0.845. The predicted octanol–water partition coefficient (Wildman–Crippen LogP) is 0.732. The molecule has 2 N–H and O–H groups in total. The van der Waals surface area contributed by atoms with Crippen LogP contribution in [0.15, 0.2) is 4.42 Å². The molecule has 2 fully saturated rings. The first-order chi connectivity index (χ1) is 9.76. The Balaban J connectivity index is 1.51. The van der Waals surface area contributed by atoms with E-state index in [1.54, 1.807) is 0 Å². The van der Waals surface area contributed by atoms with Gasteiger partial charge in [0.05, 0.1) is 13.2 Å². The molecule has 0 aromatic carbocycles. The van der Waals surface area contributed by atoms with E-state index < -0.39 is 0 Å². The van der Waals surface area contributed by atoms with Gasteiger partial charge in [-0.2, -0.15) is 0 Å². The number of carbonyl (C=O) groups excluding carboxylic acids is 1. The van der Waals surface area contributed by atoms with E-state index in [2.05, 4.69) is 15.5 Å². The summed E-state index contributed by atoms with van der Waals surface area (Å²) < 4.78 is 5.40. The Labute approximate surface area is 117 Å². The van der Waals surface area contributed by atoms with Crippen molar-refractivity contribution < 1.29 is 14.3 Å². The lowest BCUT2D eigenvalue weighted by atomic mass is 9.91. The maximum atomic E-state index is 12.0. The van der Waals surface area contributed by atoms with Crippen LogP contribution in [0.2, 0.25) is 0 Å². The predicted molar refractivity (Wildman–Crippen MR) is 71.2 cm³/mol. The number of nitrogens with one attached hydrogen (secondary N) is 1. The number of anilines is 1. The fourth-order valence-corrected chi connectivity index (χ4v) is 2.39. The van der Waals surface area contributed by atoms with Crippen molar-refractivity contribution in [1.29, 1.82) is 0 Å². The van der Waals surface area contributed by atoms with Crippen LogP contribution in [-0.2, 0) is 4.79 Å². The van der Waals surface area contributed by atoms with Gasteiger partial charge in [0.1, 0.15) is 0 Å². The van der Waals surface area contributed by atoms with E-state index in [4.69, 9.17) is 9.52 Å². The van der Waals surface area contributed by atoms with Gasteiger partial charge in [0.25, 0.3) is 0 Å². The van der Waals surface area contributed by atoms with Gasteiger partial charge in [-0.3, -0.25) is 15.0 Å². The summed E-state index contributed by atoms with van der Waals surface area (Å²) in [5.41, 5.74) is 0. The molecule has 1 aromatic heterocycles. The van der Waals surface area contributed by atoms with Crippen LogP contribution < -0.4 is 5.32 Å². The summed E-state index contributed by atoms with van der Waals surface area (Å²) in [5, 5.41) is 19.5. The van der Waals surface area contributed by atoms with Gasteiger partial charge in [0.15, 0.2) is 0 Å². The Bertz CT molecular complexity index is 468. The zero-order chi connectivity index (χ0) is 13.9. The summed E-state index contributed by atoms with van der Waals surface area (Å²) in [6, 6.07) is 0.590. The summed E-state index contributed by atoms with van der Waals surface area (Å²) in [7, 11) is 0. The van der Waals surface area contributed by atoms with Crippen molar-refractivity contribution in [2.24, 2.45) is 0 Å². The topological polar surface area (TPSA) is 91.5 Å². The minimum Gasteiger partial charge on any atom is -0.408 e. The molecule has 2 aliphatic carbocycles. The largest absolute Gasteiger partial charge is 0.408 e. The number of aromatic nitrogens is 2. The van der Waals surface area contributed by atoms with Crippen LogP contribution in [0.5, 0.6) is 0 Å². The molecule has 2 aliphatic rings. The number of amides is 1. The minimum absolute atomic E-state index is 0.0656. The van der Waals surface area contributed by atoms with E-state index in [9.17, 15) is 4.79 Å². The Kier molecular flexibility index (Phi) is 3.98. The Morgan fingerprint density at radius 1 is 1.35 bits per heavy atom. The van der Waals surface area contributed by atoms with Gasteiger partial charge >= 0.3 is 6.01 Å². The average Bonchev–Trinajstić information content (AvgIpc) is 3.09. The molecule has 3 rings (SSSR count). The molecule has 0 saturated heterocycles. The van der Waals surface area contributed by atoms with E-state index in [1.165, 1.54) is 6.42 Å². The van der Waals surface area contributed by atoms with E-state index in [-0.39, 0.29) is 25.1 Å². The lowest BCUT2D eigenvalue weighted by Crippen LogP contribution is -2.45. The van der Waals surface area contributed by atoms with Crippen LogP contribution in [-0.4, -0.2) is 51.8 Å². The Hall–Kier alpha value is -1.47. The van der Waals surface area contributed by atoms with Crippen LogP contribution >= 0.6 is 0 Å². The lowest BCUT2D eigenvalue weighted by Gasteiger charge is -2.36. The van der Waals surface area contributed by atoms with Crippen molar-refractivity contribution in [1.82, 2.24) is 15.1 Å². The first-order valence-corrected chi connectivity index (χ1v) is 7.24. The monoisotopic (exact) mass is 280 g/mol. The summed E-state index contributed by atoms with van der Waals surface area (Å²) >= 11 is 0. The van der Waals surface area contributed by atoms with Gasteiger partial charge in [0.2, 0.25) is 11.8 Å². The van der Waals surface area contributed by atoms with Crippen LogP contribution in [0.3, 0.4) is 0 Å². The second-order valence-electron chi connectivity index (χ2n) is 5.55. The molecule has 7 nitrogen and oxygen atoms in total. The van der Waals surface area contributed by atoms with Gasteiger partial charge in [-0.15, -0.1) is 5.10 Å². The van der Waals surface area contributed by atoms with Crippen molar-refractivity contribution in [2.75, 3.05) is 25.0 Å². The third kappa shape index (κ3) is 3.16. The Morgan fingerprint density at radius 3 is 2.75 bits per heavy atom. The molecule has 0 spiro atoms. The molecule has 0 bridgehead atoms. The summed E-state index contributed by atoms with van der Waals surface area (Å²) in [5.74, 6) is 0.830. The smallest absolute Gasteiger partial charge is 0.322 e. The third-order valence-electron chi connectivity index (χ3n) is 3.94. The first-order valence-electron chi connectivity index (χ1n) is 7.24. The zero-order valence-electron chi connectivity index (χ0n) is 11.4. The number of carbonyl (C=O) groups is 1. The lowest BCUT2D eigenvalue weighted by molar-refractivity contribution is -0.118. The van der Waals surface area contributed by atoms with Crippen LogP contribution in [0.25, 0.3) is 0 Å². The SMILES string of the molecule is O=C(CN(CCO)C1CCC1)Nc1nnc(C2CC2)o1. The van der Waals surface area contributed by atoms with Gasteiger partial charge in [-0.1, -0.05) is 11.5 Å². The molecule has 2 saturated carbocycles. The number of aliphatic hydroxyl groups excluding tert-OH is 1. The molecular formula is C13H20N4O3. The summed E-state index contributed by atoms with van der Waals surface area (Å²) in [6.07, 6.45) is 5.56. The Morgan fingerprint density at radius 2 is 2.15 bits per heavy atom. The van der Waals surface area contributed by atoms with Gasteiger partial charge in [-0.05, 0) is 25.7 Å². The second-order valence-corrected chi connectivity index (χ2v) is 5.55. The minimum atomic E-state index is -0.170. The average molecular weight is 280 g/mol. The summed E-state index contributed by atoms with van der Waals surface area (Å²) in [4.78, 5) is 14.0. The van der Waals surface area contributed by atoms with Crippen LogP contribution in [0, 0.1) is 0 Å². The van der Waals surface area contributed by atoms with E-state index >= 15 is 0 Å². The van der Waals surface area contributed by atoms with Gasteiger partial charge < -0.3 is 9.52 Å². The molecule has 1 heterocycles. The van der Waals surface area contributed by atoms with Crippen molar-refractivity contribution in [3.05, 3.63) is 5.89 Å². The quantitative estimate of drug-likeness (QED) is 0.765. The number of aliphatic hydroxyl groups is 1. The first kappa shape index (κ1) is 13.5. The molecule has 1 aromatic rings. The van der Waals surface area contributed by atoms with Crippen molar-refractivity contribution in [3.8, 4) is 0 Å². The van der Waals surface area contributed by atoms with Crippen molar-refractivity contribution in [2.45, 2.75) is 44.1 Å². The van der Waals surface area contributed by atoms with Gasteiger partial charge in [0, 0.05) is 18.5 Å². The molecule has 20 heavy (non-hydrogen) atoms. The maximum absolute atomic E-state index is 12.0. The molecule has 0 radical (unpaired) electrons. The molecule has 0 aliphatic heterocycles. The van der Waals surface area contributed by atoms with E-state index in [0.717, 1.165) is 25.7 Å². The third-order valence-corrected chi connectivity index (χ3v) is 3.94. The highest BCUT2D eigenvalue weighted by atomic mass is 16.4. The second kappa shape index (κ2) is 5.88. The van der Waals surface area contributed by atoms with Crippen molar-refractivity contribution >= 4 is 11.9 Å². The highest BCUT2D eigenvalue weighted by molar-refractivity contribution is 5.90. The van der Waals surface area contributed by atoms with Gasteiger partial charge in [-0.25, -0.2) is 0 Å². The fourth-order valence-electron chi connectivity index (χ4n) is 2.39. The normalized spacial score (nSPS) is 19.1. The molecule has 0 atom stereocenters. The molecule has 110 valence electrons. The highest BCUT2D eigenvalue weighted by Gasteiger charge is 2.30. The van der Waals surface area contributed by atoms with Crippen LogP contribution in [0.4, 0.5) is 6.01 Å². The standard InChI is InChI=1S/C13H20N4O3/c18-7-6-17(10-2-1-3-10)8-11(19)14-13-16-15-12(20-13)9-4-5-9/h9-10,18H,1-8H2,(H,14,16,19). The number of hydrogen-bond acceptors (Lipinski definition) is 6. The molecule has 7 heteroatoms. The number of rotatable bonds is 7. The zero-order valence-corrected chi connectivity index (χ0v) is 11.4. The van der Waals surface area contributed by atoms with Crippen molar-refractivity contribution in [3.63, 3.8) is 0 Å². The molecule has 0 unspecified atom stereocenters. The molecular weight excluding hydrogens is 260 g/mol. The number of hydrogen-bond donors (Lipinski definition) is 2. The number of nitrogens with zero attached hydrogens (tertiary/aromatic N) is 3. The fraction of sp³-hybridized carbons (Fsp3) is 0.769. The van der Waals surface area contributed by atoms with E-state index in [1.807, 2.05) is 4.90 Å². The maximum Gasteiger partial charge on any atom is 0.322 e. The molecule has 1 amide bonds. The van der Waals surface area contributed by atoms with E-state index in [0.29, 0.717) is 24.4 Å². The highest BCUT2D eigenvalue weighted by Crippen LogP contribution is 2.39.